The fraction of sp³-hybridized carbons (Fsp3) is 0.565. The molecule has 7 nitrogen and oxygen atoms in total. The van der Waals surface area contributed by atoms with Gasteiger partial charge in [-0.25, -0.2) is 4.98 Å². The van der Waals surface area contributed by atoms with Crippen molar-refractivity contribution in [2.24, 2.45) is 4.99 Å². The quantitative estimate of drug-likeness (QED) is 0.457. The Hall–Kier alpha value is -2.16. The maximum absolute atomic E-state index is 5.56. The molecule has 1 aliphatic rings. The summed E-state index contributed by atoms with van der Waals surface area (Å²) in [6.45, 7) is 9.31. The molecule has 8 heteroatoms. The number of thiazole rings is 1. The summed E-state index contributed by atoms with van der Waals surface area (Å²) < 4.78 is 10.9. The Balaban J connectivity index is 1.56. The topological polar surface area (TPSA) is 71.0 Å². The van der Waals surface area contributed by atoms with Gasteiger partial charge in [0.15, 0.2) is 5.96 Å². The third-order valence-electron chi connectivity index (χ3n) is 5.41. The first-order chi connectivity index (χ1) is 15.1. The maximum atomic E-state index is 5.56. The average molecular weight is 446 g/mol. The lowest BCUT2D eigenvalue weighted by molar-refractivity contribution is 0.0170. The molecule has 1 atom stereocenters. The maximum Gasteiger partial charge on any atom is 0.191 e. The van der Waals surface area contributed by atoms with Gasteiger partial charge in [0.2, 0.25) is 0 Å². The highest BCUT2D eigenvalue weighted by Gasteiger charge is 2.23. The minimum absolute atomic E-state index is 0.237. The second-order valence-electron chi connectivity index (χ2n) is 7.90. The molecule has 1 unspecified atom stereocenters. The molecule has 0 saturated carbocycles. The van der Waals surface area contributed by atoms with E-state index < -0.39 is 0 Å². The van der Waals surface area contributed by atoms with Crippen LogP contribution >= 0.6 is 11.3 Å². The fourth-order valence-electron chi connectivity index (χ4n) is 3.60. The molecule has 3 rings (SSSR count). The molecule has 170 valence electrons. The molecule has 31 heavy (non-hydrogen) atoms. The number of morpholine rings is 1. The van der Waals surface area contributed by atoms with Crippen LogP contribution in [0.15, 0.2) is 34.6 Å². The van der Waals surface area contributed by atoms with Crippen molar-refractivity contribution in [2.45, 2.75) is 32.2 Å². The number of guanidine groups is 1. The van der Waals surface area contributed by atoms with E-state index in [2.05, 4.69) is 51.9 Å². The molecule has 1 aromatic carbocycles. The van der Waals surface area contributed by atoms with E-state index >= 15 is 0 Å². The van der Waals surface area contributed by atoms with Crippen LogP contribution in [0.5, 0.6) is 5.75 Å². The highest BCUT2D eigenvalue weighted by atomic mass is 32.1. The Morgan fingerprint density at radius 2 is 1.97 bits per heavy atom. The number of benzene rings is 1. The van der Waals surface area contributed by atoms with Gasteiger partial charge in [-0.2, -0.15) is 0 Å². The molecule has 1 saturated heterocycles. The second kappa shape index (κ2) is 12.0. The van der Waals surface area contributed by atoms with Crippen molar-refractivity contribution in [1.29, 1.82) is 0 Å². The molecule has 0 radical (unpaired) electrons. The van der Waals surface area contributed by atoms with Crippen molar-refractivity contribution >= 4 is 17.3 Å². The zero-order chi connectivity index (χ0) is 22.1. The predicted molar refractivity (Wildman–Crippen MR) is 127 cm³/mol. The largest absolute Gasteiger partial charge is 0.497 e. The first-order valence-corrected chi connectivity index (χ1v) is 11.8. The number of nitrogens with zero attached hydrogens (tertiary/aromatic N) is 3. The van der Waals surface area contributed by atoms with Crippen LogP contribution in [0.4, 0.5) is 0 Å². The summed E-state index contributed by atoms with van der Waals surface area (Å²) in [4.78, 5) is 11.6. The molecule has 1 fully saturated rings. The van der Waals surface area contributed by atoms with E-state index in [1.54, 1.807) is 18.4 Å². The van der Waals surface area contributed by atoms with Crippen LogP contribution in [0.3, 0.4) is 0 Å². The van der Waals surface area contributed by atoms with E-state index in [4.69, 9.17) is 14.5 Å². The highest BCUT2D eigenvalue weighted by Crippen LogP contribution is 2.23. The monoisotopic (exact) mass is 445 g/mol. The number of aliphatic imine (C=N–C) groups is 1. The molecular formula is C23H35N5O2S. The molecular weight excluding hydrogens is 410 g/mol. The molecule has 2 heterocycles. The first kappa shape index (κ1) is 23.5. The third kappa shape index (κ3) is 6.92. The molecule has 1 aromatic heterocycles. The van der Waals surface area contributed by atoms with Crippen molar-refractivity contribution in [1.82, 2.24) is 20.5 Å². The van der Waals surface area contributed by atoms with E-state index in [1.807, 2.05) is 19.2 Å². The van der Waals surface area contributed by atoms with Crippen LogP contribution in [0.25, 0.3) is 0 Å². The van der Waals surface area contributed by atoms with E-state index in [-0.39, 0.29) is 6.04 Å². The van der Waals surface area contributed by atoms with E-state index in [9.17, 15) is 0 Å². The number of aromatic nitrogens is 1. The van der Waals surface area contributed by atoms with Crippen LogP contribution in [0.2, 0.25) is 0 Å². The first-order valence-electron chi connectivity index (χ1n) is 10.9. The molecule has 0 bridgehead atoms. The number of hydrogen-bond donors (Lipinski definition) is 2. The van der Waals surface area contributed by atoms with Crippen molar-refractivity contribution in [3.63, 3.8) is 0 Å². The smallest absolute Gasteiger partial charge is 0.191 e. The fourth-order valence-corrected chi connectivity index (χ4v) is 4.47. The van der Waals surface area contributed by atoms with Gasteiger partial charge >= 0.3 is 0 Å². The van der Waals surface area contributed by atoms with Crippen LogP contribution in [0, 0.1) is 0 Å². The summed E-state index contributed by atoms with van der Waals surface area (Å²) in [6, 6.07) is 8.57. The molecule has 2 N–H and O–H groups in total. The Kier molecular flexibility index (Phi) is 9.12. The lowest BCUT2D eigenvalue weighted by Gasteiger charge is -2.35. The zero-order valence-electron chi connectivity index (χ0n) is 19.1. The zero-order valence-corrected chi connectivity index (χ0v) is 19.9. The lowest BCUT2D eigenvalue weighted by atomic mass is 10.0. The van der Waals surface area contributed by atoms with Crippen molar-refractivity contribution < 1.29 is 9.47 Å². The number of ether oxygens (including phenoxy) is 2. The van der Waals surface area contributed by atoms with Crippen LogP contribution in [-0.4, -0.2) is 69.4 Å². The van der Waals surface area contributed by atoms with Crippen molar-refractivity contribution in [2.75, 3.05) is 53.6 Å². The Bertz CT molecular complexity index is 816. The molecule has 2 aromatic rings. The van der Waals surface area contributed by atoms with E-state index in [0.29, 0.717) is 5.92 Å². The van der Waals surface area contributed by atoms with Gasteiger partial charge in [-0.05, 0) is 17.7 Å². The Labute approximate surface area is 189 Å². The molecule has 1 aliphatic heterocycles. The number of hydrogen-bond acceptors (Lipinski definition) is 6. The van der Waals surface area contributed by atoms with Crippen LogP contribution in [0.1, 0.15) is 42.1 Å². The average Bonchev–Trinajstić information content (AvgIpc) is 3.28. The van der Waals surface area contributed by atoms with Gasteiger partial charge in [0, 0.05) is 50.9 Å². The summed E-state index contributed by atoms with van der Waals surface area (Å²) in [5.41, 5.74) is 2.40. The van der Waals surface area contributed by atoms with Crippen molar-refractivity contribution in [3.8, 4) is 5.75 Å². The van der Waals surface area contributed by atoms with Gasteiger partial charge in [-0.1, -0.05) is 26.0 Å². The van der Waals surface area contributed by atoms with Gasteiger partial charge in [-0.15, -0.1) is 11.3 Å². The van der Waals surface area contributed by atoms with Crippen molar-refractivity contribution in [3.05, 3.63) is 45.9 Å². The predicted octanol–water partition coefficient (Wildman–Crippen LogP) is 3.06. The summed E-state index contributed by atoms with van der Waals surface area (Å²) in [6.07, 6.45) is 0.884. The third-order valence-corrected chi connectivity index (χ3v) is 6.60. The van der Waals surface area contributed by atoms with Gasteiger partial charge < -0.3 is 20.1 Å². The van der Waals surface area contributed by atoms with Crippen LogP contribution in [-0.2, 0) is 11.2 Å². The van der Waals surface area contributed by atoms with Gasteiger partial charge in [0.05, 0.1) is 37.1 Å². The molecule has 0 aliphatic carbocycles. The molecule has 0 spiro atoms. The Morgan fingerprint density at radius 3 is 2.58 bits per heavy atom. The summed E-state index contributed by atoms with van der Waals surface area (Å²) in [5, 5.41) is 10.3. The van der Waals surface area contributed by atoms with E-state index in [0.717, 1.165) is 63.2 Å². The minimum Gasteiger partial charge on any atom is -0.497 e. The van der Waals surface area contributed by atoms with E-state index in [1.165, 1.54) is 10.6 Å². The van der Waals surface area contributed by atoms with Gasteiger partial charge in [0.1, 0.15) is 5.75 Å². The van der Waals surface area contributed by atoms with Crippen LogP contribution < -0.4 is 15.4 Å². The molecule has 0 amide bonds. The van der Waals surface area contributed by atoms with Gasteiger partial charge in [0.25, 0.3) is 0 Å². The minimum atomic E-state index is 0.237. The normalized spacial score (nSPS) is 16.4. The summed E-state index contributed by atoms with van der Waals surface area (Å²) in [5.74, 6) is 2.17. The lowest BCUT2D eigenvalue weighted by Crippen LogP contribution is -2.46. The van der Waals surface area contributed by atoms with Gasteiger partial charge in [-0.3, -0.25) is 9.89 Å². The standard InChI is InChI=1S/C23H35N5O2S/c1-17(2)22-27-19(16-31-22)9-10-25-23(24-3)26-15-21(28-11-13-30-14-12-28)18-5-7-20(29-4)8-6-18/h5-8,16-17,21H,9-15H2,1-4H3,(H2,24,25,26). The number of methoxy groups -OCH3 is 1. The summed E-state index contributed by atoms with van der Waals surface area (Å²) in [7, 11) is 3.51. The SMILES string of the molecule is CN=C(NCCc1csc(C(C)C)n1)NCC(c1ccc(OC)cc1)N1CCOCC1. The highest BCUT2D eigenvalue weighted by molar-refractivity contribution is 7.09. The second-order valence-corrected chi connectivity index (χ2v) is 8.79. The number of rotatable bonds is 9. The number of nitrogens with one attached hydrogen (secondary N) is 2. The Morgan fingerprint density at radius 1 is 1.23 bits per heavy atom. The summed E-state index contributed by atoms with van der Waals surface area (Å²) >= 11 is 1.74.